The van der Waals surface area contributed by atoms with Crippen molar-refractivity contribution in [1.29, 1.82) is 0 Å². The summed E-state index contributed by atoms with van der Waals surface area (Å²) in [7, 11) is 0. The minimum atomic E-state index is -0.399. The summed E-state index contributed by atoms with van der Waals surface area (Å²) in [5.74, 6) is -0.227. The number of benzene rings is 3. The normalized spacial score (nSPS) is 13.3. The van der Waals surface area contributed by atoms with E-state index in [4.69, 9.17) is 4.74 Å². The van der Waals surface area contributed by atoms with E-state index in [0.29, 0.717) is 30.1 Å². The highest BCUT2D eigenvalue weighted by atomic mass is 16.6. The number of hydrogen-bond donors (Lipinski definition) is 1. The zero-order valence-corrected chi connectivity index (χ0v) is 14.6. The van der Waals surface area contributed by atoms with Gasteiger partial charge in [-0.2, -0.15) is 0 Å². The maximum absolute atomic E-state index is 12.7. The van der Waals surface area contributed by atoms with Crippen molar-refractivity contribution in [1.82, 2.24) is 0 Å². The van der Waals surface area contributed by atoms with Crippen molar-refractivity contribution < 1.29 is 14.3 Å². The molecule has 0 spiro atoms. The molecule has 0 aromatic heterocycles. The van der Waals surface area contributed by atoms with Gasteiger partial charge in [-0.1, -0.05) is 54.6 Å². The summed E-state index contributed by atoms with van der Waals surface area (Å²) in [5.41, 5.74) is 3.91. The van der Waals surface area contributed by atoms with Crippen LogP contribution in [0.3, 0.4) is 0 Å². The van der Waals surface area contributed by atoms with Crippen molar-refractivity contribution in [3.8, 4) is 11.1 Å². The number of anilines is 2. The number of cyclic esters (lactones) is 1. The third-order valence-corrected chi connectivity index (χ3v) is 4.46. The highest BCUT2D eigenvalue weighted by Gasteiger charge is 2.26. The van der Waals surface area contributed by atoms with E-state index in [1.807, 2.05) is 54.6 Å². The quantitative estimate of drug-likeness (QED) is 0.744. The molecule has 3 aromatic rings. The molecule has 1 aliphatic heterocycles. The van der Waals surface area contributed by atoms with Gasteiger partial charge in [0.05, 0.1) is 17.9 Å². The first-order valence-electron chi connectivity index (χ1n) is 8.72. The molecule has 0 atom stereocenters. The van der Waals surface area contributed by atoms with Crippen LogP contribution < -0.4 is 10.2 Å². The van der Waals surface area contributed by atoms with Crippen molar-refractivity contribution >= 4 is 23.4 Å². The van der Waals surface area contributed by atoms with Crippen LogP contribution in [0.25, 0.3) is 11.1 Å². The Kier molecular flexibility index (Phi) is 4.58. The lowest BCUT2D eigenvalue weighted by Gasteiger charge is -2.17. The monoisotopic (exact) mass is 358 g/mol. The lowest BCUT2D eigenvalue weighted by molar-refractivity contribution is 0.102. The molecule has 0 bridgehead atoms. The van der Waals surface area contributed by atoms with Crippen LogP contribution in [0.15, 0.2) is 78.9 Å². The highest BCUT2D eigenvalue weighted by molar-refractivity contribution is 6.07. The fourth-order valence-electron chi connectivity index (χ4n) is 3.07. The van der Waals surface area contributed by atoms with E-state index in [1.165, 1.54) is 4.90 Å². The molecule has 1 aliphatic rings. The summed E-state index contributed by atoms with van der Waals surface area (Å²) >= 11 is 0. The second-order valence-corrected chi connectivity index (χ2v) is 6.18. The fourth-order valence-corrected chi connectivity index (χ4v) is 3.07. The average Bonchev–Trinajstić information content (AvgIpc) is 3.15. The molecule has 27 heavy (non-hydrogen) atoms. The number of hydrogen-bond acceptors (Lipinski definition) is 3. The van der Waals surface area contributed by atoms with Crippen LogP contribution in [0.5, 0.6) is 0 Å². The van der Waals surface area contributed by atoms with E-state index in [9.17, 15) is 9.59 Å². The topological polar surface area (TPSA) is 58.6 Å². The number of ether oxygens (including phenoxy) is 1. The Morgan fingerprint density at radius 1 is 0.852 bits per heavy atom. The molecule has 1 fully saturated rings. The van der Waals surface area contributed by atoms with Crippen molar-refractivity contribution in [3.63, 3.8) is 0 Å². The van der Waals surface area contributed by atoms with Crippen molar-refractivity contribution in [3.05, 3.63) is 84.4 Å². The van der Waals surface area contributed by atoms with Crippen LogP contribution in [0, 0.1) is 0 Å². The number of carbonyl (C=O) groups excluding carboxylic acids is 2. The smallest absolute Gasteiger partial charge is 0.414 e. The van der Waals surface area contributed by atoms with E-state index in [2.05, 4.69) is 5.32 Å². The maximum Gasteiger partial charge on any atom is 0.414 e. The molecular formula is C22H18N2O3. The van der Waals surface area contributed by atoms with Gasteiger partial charge in [0.2, 0.25) is 0 Å². The SMILES string of the molecule is O=C(Nc1ccccc1N1CCOC1=O)c1ccc(-c2ccccc2)cc1. The van der Waals surface area contributed by atoms with Crippen LogP contribution in [-0.2, 0) is 4.74 Å². The Morgan fingerprint density at radius 3 is 2.22 bits per heavy atom. The molecule has 5 nitrogen and oxygen atoms in total. The Balaban J connectivity index is 1.54. The van der Waals surface area contributed by atoms with Gasteiger partial charge >= 0.3 is 6.09 Å². The van der Waals surface area contributed by atoms with Crippen LogP contribution in [0.4, 0.5) is 16.2 Å². The van der Waals surface area contributed by atoms with Crippen LogP contribution in [0.2, 0.25) is 0 Å². The number of rotatable bonds is 4. The second-order valence-electron chi connectivity index (χ2n) is 6.18. The summed E-state index contributed by atoms with van der Waals surface area (Å²) in [6.45, 7) is 0.819. The molecule has 2 amide bonds. The highest BCUT2D eigenvalue weighted by Crippen LogP contribution is 2.28. The third-order valence-electron chi connectivity index (χ3n) is 4.46. The molecule has 3 aromatic carbocycles. The first kappa shape index (κ1) is 16.8. The van der Waals surface area contributed by atoms with Gasteiger partial charge in [-0.15, -0.1) is 0 Å². The first-order valence-corrected chi connectivity index (χ1v) is 8.72. The number of amides is 2. The number of para-hydroxylation sites is 2. The van der Waals surface area contributed by atoms with Gasteiger partial charge in [0, 0.05) is 5.56 Å². The Morgan fingerprint density at radius 2 is 1.52 bits per heavy atom. The molecular weight excluding hydrogens is 340 g/mol. The summed E-state index contributed by atoms with van der Waals surface area (Å²) in [4.78, 5) is 26.0. The van der Waals surface area contributed by atoms with Gasteiger partial charge in [-0.3, -0.25) is 9.69 Å². The molecule has 5 heteroatoms. The molecule has 1 heterocycles. The van der Waals surface area contributed by atoms with Crippen molar-refractivity contribution in [2.45, 2.75) is 0 Å². The van der Waals surface area contributed by atoms with E-state index in [1.54, 1.807) is 24.3 Å². The zero-order valence-electron chi connectivity index (χ0n) is 14.6. The molecule has 0 unspecified atom stereocenters. The number of carbonyl (C=O) groups is 2. The minimum absolute atomic E-state index is 0.227. The van der Waals surface area contributed by atoms with E-state index < -0.39 is 6.09 Å². The minimum Gasteiger partial charge on any atom is -0.447 e. The van der Waals surface area contributed by atoms with Crippen molar-refractivity contribution in [2.24, 2.45) is 0 Å². The summed E-state index contributed by atoms with van der Waals surface area (Å²) in [5, 5.41) is 2.90. The fraction of sp³-hybridized carbons (Fsp3) is 0.0909. The van der Waals surface area contributed by atoms with Gasteiger partial charge in [0.25, 0.3) is 5.91 Å². The van der Waals surface area contributed by atoms with Gasteiger partial charge in [0.1, 0.15) is 6.61 Å². The lowest BCUT2D eigenvalue weighted by Crippen LogP contribution is -2.25. The third kappa shape index (κ3) is 3.53. The van der Waals surface area contributed by atoms with Gasteiger partial charge in [-0.05, 0) is 35.4 Å². The van der Waals surface area contributed by atoms with Gasteiger partial charge < -0.3 is 10.1 Å². The standard InChI is InChI=1S/C22H18N2O3/c25-21(18-12-10-17(11-13-18)16-6-2-1-3-7-16)23-19-8-4-5-9-20(19)24-14-15-27-22(24)26/h1-13H,14-15H2,(H,23,25). The molecule has 4 rings (SSSR count). The molecule has 0 aliphatic carbocycles. The first-order chi connectivity index (χ1) is 13.2. The zero-order chi connectivity index (χ0) is 18.6. The Labute approximate surface area is 157 Å². The van der Waals surface area contributed by atoms with E-state index >= 15 is 0 Å². The van der Waals surface area contributed by atoms with E-state index in [0.717, 1.165) is 11.1 Å². The largest absolute Gasteiger partial charge is 0.447 e. The molecule has 134 valence electrons. The predicted octanol–water partition coefficient (Wildman–Crippen LogP) is 4.56. The molecule has 1 N–H and O–H groups in total. The maximum atomic E-state index is 12.7. The summed E-state index contributed by atoms with van der Waals surface area (Å²) in [6.07, 6.45) is -0.399. The van der Waals surface area contributed by atoms with Crippen LogP contribution in [-0.4, -0.2) is 25.2 Å². The lowest BCUT2D eigenvalue weighted by atomic mass is 10.0. The summed E-state index contributed by atoms with van der Waals surface area (Å²) < 4.78 is 4.99. The summed E-state index contributed by atoms with van der Waals surface area (Å²) in [6, 6.07) is 24.6. The number of nitrogens with one attached hydrogen (secondary N) is 1. The van der Waals surface area contributed by atoms with Crippen LogP contribution in [0.1, 0.15) is 10.4 Å². The second kappa shape index (κ2) is 7.33. The van der Waals surface area contributed by atoms with Gasteiger partial charge in [-0.25, -0.2) is 4.79 Å². The van der Waals surface area contributed by atoms with Gasteiger partial charge in [0.15, 0.2) is 0 Å². The Bertz CT molecular complexity index is 968. The average molecular weight is 358 g/mol. The molecule has 1 saturated heterocycles. The van der Waals surface area contributed by atoms with E-state index in [-0.39, 0.29) is 5.91 Å². The molecule has 0 saturated carbocycles. The number of nitrogens with zero attached hydrogens (tertiary/aromatic N) is 1. The Hall–Kier alpha value is -3.60. The molecule has 0 radical (unpaired) electrons. The van der Waals surface area contributed by atoms with Crippen molar-refractivity contribution in [2.75, 3.05) is 23.4 Å². The van der Waals surface area contributed by atoms with Crippen LogP contribution >= 0.6 is 0 Å². The predicted molar refractivity (Wildman–Crippen MR) is 105 cm³/mol.